The van der Waals surface area contributed by atoms with Crippen molar-refractivity contribution in [1.82, 2.24) is 0 Å². The van der Waals surface area contributed by atoms with Crippen molar-refractivity contribution < 1.29 is 23.9 Å². The lowest BCUT2D eigenvalue weighted by Gasteiger charge is -2.27. The second-order valence-corrected chi connectivity index (χ2v) is 7.59. The molecule has 0 aromatic carbocycles. The standard InChI is InChI=1S/C12H25O5P/c1-11(2,10(13)9-18(14,15)16)7-6-8-12(3,4)17-5/h6-9H2,1-5H3,(H2,14,15,16). The molecule has 0 fully saturated rings. The van der Waals surface area contributed by atoms with Crippen molar-refractivity contribution in [1.29, 1.82) is 0 Å². The molecule has 0 aliphatic carbocycles. The average molecular weight is 280 g/mol. The zero-order valence-electron chi connectivity index (χ0n) is 11.9. The van der Waals surface area contributed by atoms with Gasteiger partial charge >= 0.3 is 7.60 Å². The monoisotopic (exact) mass is 280 g/mol. The quantitative estimate of drug-likeness (QED) is 0.667. The third-order valence-corrected chi connectivity index (χ3v) is 3.94. The number of carbonyl (C=O) groups is 1. The Morgan fingerprint density at radius 3 is 2.06 bits per heavy atom. The molecule has 0 aliphatic heterocycles. The first kappa shape index (κ1) is 17.8. The van der Waals surface area contributed by atoms with Crippen LogP contribution in [0.1, 0.15) is 47.0 Å². The van der Waals surface area contributed by atoms with Crippen LogP contribution in [-0.4, -0.2) is 34.4 Å². The third kappa shape index (κ3) is 7.27. The van der Waals surface area contributed by atoms with Gasteiger partial charge in [-0.25, -0.2) is 0 Å². The Hall–Kier alpha value is -0.220. The number of carbonyl (C=O) groups excluding carboxylic acids is 1. The van der Waals surface area contributed by atoms with E-state index >= 15 is 0 Å². The van der Waals surface area contributed by atoms with Crippen molar-refractivity contribution in [3.63, 3.8) is 0 Å². The maximum absolute atomic E-state index is 11.8. The van der Waals surface area contributed by atoms with Crippen molar-refractivity contribution in [3.8, 4) is 0 Å². The summed E-state index contributed by atoms with van der Waals surface area (Å²) in [5, 5.41) is 0. The Bertz CT molecular complexity index is 329. The number of hydrogen-bond acceptors (Lipinski definition) is 3. The van der Waals surface area contributed by atoms with E-state index in [1.54, 1.807) is 21.0 Å². The van der Waals surface area contributed by atoms with E-state index in [2.05, 4.69) is 0 Å². The molecule has 0 rings (SSSR count). The number of rotatable bonds is 8. The van der Waals surface area contributed by atoms with Gasteiger partial charge in [0.25, 0.3) is 0 Å². The molecular weight excluding hydrogens is 255 g/mol. The second-order valence-electron chi connectivity index (χ2n) is 5.95. The minimum Gasteiger partial charge on any atom is -0.379 e. The number of methoxy groups -OCH3 is 1. The summed E-state index contributed by atoms with van der Waals surface area (Å²) in [6.07, 6.45) is 1.50. The second kappa shape index (κ2) is 6.29. The summed E-state index contributed by atoms with van der Waals surface area (Å²) in [6.45, 7) is 7.39. The van der Waals surface area contributed by atoms with Crippen molar-refractivity contribution in [3.05, 3.63) is 0 Å². The SMILES string of the molecule is COC(C)(C)CCCC(C)(C)C(=O)CP(=O)(O)O. The van der Waals surface area contributed by atoms with E-state index in [-0.39, 0.29) is 11.4 Å². The maximum atomic E-state index is 11.8. The number of ether oxygens (including phenoxy) is 1. The molecule has 0 saturated carbocycles. The summed E-state index contributed by atoms with van der Waals surface area (Å²) >= 11 is 0. The van der Waals surface area contributed by atoms with Gasteiger partial charge in [0.2, 0.25) is 0 Å². The molecule has 0 amide bonds. The van der Waals surface area contributed by atoms with E-state index in [1.165, 1.54) is 0 Å². The molecule has 0 spiro atoms. The van der Waals surface area contributed by atoms with Crippen LogP contribution >= 0.6 is 7.60 Å². The van der Waals surface area contributed by atoms with Crippen LogP contribution in [0.2, 0.25) is 0 Å². The van der Waals surface area contributed by atoms with Gasteiger partial charge in [-0.05, 0) is 33.1 Å². The number of ketones is 1. The number of hydrogen-bond donors (Lipinski definition) is 2. The highest BCUT2D eigenvalue weighted by molar-refractivity contribution is 7.52. The van der Waals surface area contributed by atoms with Crippen molar-refractivity contribution in [2.75, 3.05) is 13.3 Å². The molecule has 5 nitrogen and oxygen atoms in total. The van der Waals surface area contributed by atoms with Gasteiger partial charge in [-0.3, -0.25) is 9.36 Å². The first-order chi connectivity index (χ1) is 7.90. The minimum atomic E-state index is -4.26. The van der Waals surface area contributed by atoms with Crippen LogP contribution in [0.5, 0.6) is 0 Å². The Labute approximate surface area is 109 Å². The lowest BCUT2D eigenvalue weighted by atomic mass is 9.82. The van der Waals surface area contributed by atoms with E-state index in [0.717, 1.165) is 12.8 Å². The topological polar surface area (TPSA) is 83.8 Å². The van der Waals surface area contributed by atoms with Crippen LogP contribution in [0.15, 0.2) is 0 Å². The van der Waals surface area contributed by atoms with Gasteiger partial charge in [0.1, 0.15) is 11.9 Å². The zero-order valence-corrected chi connectivity index (χ0v) is 12.8. The van der Waals surface area contributed by atoms with E-state index < -0.39 is 19.2 Å². The lowest BCUT2D eigenvalue weighted by Crippen LogP contribution is -2.29. The Morgan fingerprint density at radius 1 is 1.17 bits per heavy atom. The average Bonchev–Trinajstić information content (AvgIpc) is 2.14. The Morgan fingerprint density at radius 2 is 1.67 bits per heavy atom. The van der Waals surface area contributed by atoms with Gasteiger partial charge in [-0.1, -0.05) is 13.8 Å². The first-order valence-corrected chi connectivity index (χ1v) is 7.82. The van der Waals surface area contributed by atoms with E-state index in [0.29, 0.717) is 6.42 Å². The van der Waals surface area contributed by atoms with E-state index in [4.69, 9.17) is 14.5 Å². The normalized spacial score (nSPS) is 13.7. The molecule has 0 unspecified atom stereocenters. The summed E-state index contributed by atoms with van der Waals surface area (Å²) in [5.41, 5.74) is -0.937. The maximum Gasteiger partial charge on any atom is 0.332 e. The summed E-state index contributed by atoms with van der Waals surface area (Å²) in [4.78, 5) is 29.4. The van der Waals surface area contributed by atoms with Crippen LogP contribution in [-0.2, 0) is 14.1 Å². The highest BCUT2D eigenvalue weighted by Crippen LogP contribution is 2.38. The summed E-state index contributed by atoms with van der Waals surface area (Å²) < 4.78 is 16.1. The van der Waals surface area contributed by atoms with Gasteiger partial charge < -0.3 is 14.5 Å². The van der Waals surface area contributed by atoms with E-state index in [1.807, 2.05) is 13.8 Å². The molecule has 0 radical (unpaired) electrons. The molecule has 18 heavy (non-hydrogen) atoms. The zero-order chi connectivity index (χ0) is 14.6. The van der Waals surface area contributed by atoms with Crippen LogP contribution < -0.4 is 0 Å². The van der Waals surface area contributed by atoms with Crippen LogP contribution in [0.4, 0.5) is 0 Å². The fraction of sp³-hybridized carbons (Fsp3) is 0.917. The summed E-state index contributed by atoms with van der Waals surface area (Å²) in [7, 11) is -2.62. The fourth-order valence-electron chi connectivity index (χ4n) is 1.60. The first-order valence-electron chi connectivity index (χ1n) is 6.03. The molecule has 108 valence electrons. The van der Waals surface area contributed by atoms with Crippen molar-refractivity contribution in [2.24, 2.45) is 5.41 Å². The molecule has 0 aliphatic rings. The van der Waals surface area contributed by atoms with E-state index in [9.17, 15) is 9.36 Å². The van der Waals surface area contributed by atoms with Gasteiger partial charge in [-0.15, -0.1) is 0 Å². The highest BCUT2D eigenvalue weighted by atomic mass is 31.2. The molecule has 0 bridgehead atoms. The molecule has 0 aromatic rings. The molecule has 0 aromatic heterocycles. The number of Topliss-reactive ketones (excluding diaryl/α,β-unsaturated/α-hetero) is 1. The van der Waals surface area contributed by atoms with Crippen LogP contribution in [0.3, 0.4) is 0 Å². The molecule has 2 N–H and O–H groups in total. The summed E-state index contributed by atoms with van der Waals surface area (Å²) in [6, 6.07) is 0. The van der Waals surface area contributed by atoms with Crippen molar-refractivity contribution >= 4 is 13.4 Å². The predicted molar refractivity (Wildman–Crippen MR) is 70.6 cm³/mol. The van der Waals surface area contributed by atoms with Gasteiger partial charge in [0.05, 0.1) is 5.60 Å². The lowest BCUT2D eigenvalue weighted by molar-refractivity contribution is -0.125. The Balaban J connectivity index is 4.32. The van der Waals surface area contributed by atoms with Gasteiger partial charge in [-0.2, -0.15) is 0 Å². The molecule has 6 heteroatoms. The van der Waals surface area contributed by atoms with Crippen LogP contribution in [0, 0.1) is 5.41 Å². The molecule has 0 saturated heterocycles. The molecule has 0 atom stereocenters. The fourth-order valence-corrected chi connectivity index (χ4v) is 2.40. The van der Waals surface area contributed by atoms with Crippen LogP contribution in [0.25, 0.3) is 0 Å². The smallest absolute Gasteiger partial charge is 0.332 e. The Kier molecular flexibility index (Phi) is 6.21. The highest BCUT2D eigenvalue weighted by Gasteiger charge is 2.32. The molecular formula is C12H25O5P. The largest absolute Gasteiger partial charge is 0.379 e. The molecule has 0 heterocycles. The predicted octanol–water partition coefficient (Wildman–Crippen LogP) is 2.35. The third-order valence-electron chi connectivity index (χ3n) is 3.24. The summed E-state index contributed by atoms with van der Waals surface area (Å²) in [5.74, 6) is -0.383. The van der Waals surface area contributed by atoms with Gasteiger partial charge in [0, 0.05) is 12.5 Å². The van der Waals surface area contributed by atoms with Crippen molar-refractivity contribution in [2.45, 2.75) is 52.6 Å². The van der Waals surface area contributed by atoms with Gasteiger partial charge in [0.15, 0.2) is 0 Å². The minimum absolute atomic E-state index is 0.234.